The number of aromatic nitrogens is 1. The molecular formula is C28H26FN3OS. The highest BCUT2D eigenvalue weighted by Gasteiger charge is 2.36. The average molecular weight is 472 g/mol. The normalized spacial score (nSPS) is 16.9. The summed E-state index contributed by atoms with van der Waals surface area (Å²) in [6, 6.07) is 18.7. The van der Waals surface area contributed by atoms with E-state index < -0.39 is 0 Å². The molecule has 3 heterocycles. The molecule has 0 fully saturated rings. The number of nitrogens with one attached hydrogen (secondary N) is 1. The fraction of sp³-hybridized carbons (Fsp3) is 0.250. The molecule has 4 aromatic rings. The molecule has 2 aromatic carbocycles. The van der Waals surface area contributed by atoms with E-state index in [0.717, 1.165) is 24.1 Å². The number of carbonyl (C=O) groups is 1. The van der Waals surface area contributed by atoms with Gasteiger partial charge in [-0.15, -0.1) is 11.3 Å². The number of carbonyl (C=O) groups excluding carboxylic acids is 1. The van der Waals surface area contributed by atoms with Gasteiger partial charge in [-0.1, -0.05) is 36.4 Å². The predicted octanol–water partition coefficient (Wildman–Crippen LogP) is 7.00. The summed E-state index contributed by atoms with van der Waals surface area (Å²) in [5.74, 6) is -0.323. The Bertz CT molecular complexity index is 1370. The lowest BCUT2D eigenvalue weighted by atomic mass is 9.95. The molecule has 1 aliphatic carbocycles. The Balaban J connectivity index is 1.48. The topological polar surface area (TPSA) is 37.3 Å². The van der Waals surface area contributed by atoms with Crippen molar-refractivity contribution >= 4 is 23.1 Å². The minimum Gasteiger partial charge on any atom is -0.310 e. The largest absolute Gasteiger partial charge is 0.322 e. The Morgan fingerprint density at radius 3 is 2.68 bits per heavy atom. The standard InChI is InChI=1S/C28H26FN3OS/c1-18-13-14-20(16-23(18)29)30-28(33)32-17-22-21-10-5-6-12-25(21)34-27(22)31-15-7-11-24(31)26(32)19-8-3-2-4-9-19/h2-4,7-9,11,13-16,26H,5-6,10,12,17H2,1H3,(H,30,33)/t26-/m1/s1. The molecule has 2 aliphatic rings. The van der Waals surface area contributed by atoms with Crippen LogP contribution in [0.25, 0.3) is 5.00 Å². The number of aryl methyl sites for hydroxylation is 2. The van der Waals surface area contributed by atoms with Crippen LogP contribution in [0.5, 0.6) is 0 Å². The van der Waals surface area contributed by atoms with E-state index in [2.05, 4.69) is 40.3 Å². The van der Waals surface area contributed by atoms with Crippen molar-refractivity contribution < 1.29 is 9.18 Å². The van der Waals surface area contributed by atoms with E-state index in [0.29, 0.717) is 17.8 Å². The first kappa shape index (κ1) is 21.2. The predicted molar refractivity (Wildman–Crippen MR) is 134 cm³/mol. The maximum absolute atomic E-state index is 14.2. The number of nitrogens with zero attached hydrogens (tertiary/aromatic N) is 2. The Labute approximate surface area is 202 Å². The number of hydrogen-bond donors (Lipinski definition) is 1. The van der Waals surface area contributed by atoms with Gasteiger partial charge in [0.25, 0.3) is 0 Å². The van der Waals surface area contributed by atoms with E-state index in [9.17, 15) is 9.18 Å². The van der Waals surface area contributed by atoms with Crippen molar-refractivity contribution in [2.45, 2.75) is 45.2 Å². The molecule has 34 heavy (non-hydrogen) atoms. The highest BCUT2D eigenvalue weighted by atomic mass is 32.1. The molecule has 0 spiro atoms. The zero-order valence-corrected chi connectivity index (χ0v) is 19.9. The van der Waals surface area contributed by atoms with Gasteiger partial charge in [-0.25, -0.2) is 9.18 Å². The second kappa shape index (κ2) is 8.44. The first-order chi connectivity index (χ1) is 16.6. The van der Waals surface area contributed by atoms with Crippen LogP contribution < -0.4 is 5.32 Å². The lowest BCUT2D eigenvalue weighted by Gasteiger charge is -2.31. The maximum atomic E-state index is 14.2. The Morgan fingerprint density at radius 2 is 1.85 bits per heavy atom. The molecule has 2 amide bonds. The van der Waals surface area contributed by atoms with Gasteiger partial charge in [0.15, 0.2) is 0 Å². The van der Waals surface area contributed by atoms with Crippen molar-refractivity contribution in [3.05, 3.63) is 106 Å². The van der Waals surface area contributed by atoms with Crippen molar-refractivity contribution in [2.24, 2.45) is 0 Å². The summed E-state index contributed by atoms with van der Waals surface area (Å²) >= 11 is 1.87. The Hall–Kier alpha value is -3.38. The van der Waals surface area contributed by atoms with E-state index in [1.807, 2.05) is 34.4 Å². The lowest BCUT2D eigenvalue weighted by molar-refractivity contribution is 0.194. The molecule has 0 saturated heterocycles. The van der Waals surface area contributed by atoms with Crippen LogP contribution in [0.15, 0.2) is 66.9 Å². The molecule has 4 nitrogen and oxygen atoms in total. The van der Waals surface area contributed by atoms with Crippen LogP contribution in [0.4, 0.5) is 14.9 Å². The molecule has 1 aliphatic heterocycles. The number of urea groups is 1. The minimum absolute atomic E-state index is 0.228. The highest BCUT2D eigenvalue weighted by Crippen LogP contribution is 2.44. The molecule has 0 radical (unpaired) electrons. The molecule has 172 valence electrons. The summed E-state index contributed by atoms with van der Waals surface area (Å²) in [6.45, 7) is 2.24. The van der Waals surface area contributed by atoms with Crippen LogP contribution in [0.2, 0.25) is 0 Å². The molecule has 0 unspecified atom stereocenters. The molecule has 2 aromatic heterocycles. The van der Waals surface area contributed by atoms with Crippen LogP contribution in [0, 0.1) is 12.7 Å². The quantitative estimate of drug-likeness (QED) is 0.336. The fourth-order valence-electron chi connectivity index (χ4n) is 5.24. The molecule has 1 atom stereocenters. The van der Waals surface area contributed by atoms with Crippen LogP contribution in [0.1, 0.15) is 51.7 Å². The Morgan fingerprint density at radius 1 is 1.03 bits per heavy atom. The van der Waals surface area contributed by atoms with E-state index in [1.165, 1.54) is 39.9 Å². The number of halogens is 1. The van der Waals surface area contributed by atoms with Crippen LogP contribution in [0.3, 0.4) is 0 Å². The summed E-state index contributed by atoms with van der Waals surface area (Å²) in [5.41, 5.74) is 5.81. The van der Waals surface area contributed by atoms with Gasteiger partial charge in [-0.05, 0) is 73.6 Å². The summed E-state index contributed by atoms with van der Waals surface area (Å²) in [5, 5.41) is 4.20. The zero-order chi connectivity index (χ0) is 23.2. The highest BCUT2D eigenvalue weighted by molar-refractivity contribution is 7.15. The average Bonchev–Trinajstić information content (AvgIpc) is 3.44. The van der Waals surface area contributed by atoms with Crippen molar-refractivity contribution in [1.82, 2.24) is 9.47 Å². The number of anilines is 1. The smallest absolute Gasteiger partial charge is 0.310 e. The molecule has 1 N–H and O–H groups in total. The van der Waals surface area contributed by atoms with E-state index in [4.69, 9.17) is 0 Å². The summed E-state index contributed by atoms with van der Waals surface area (Å²) in [7, 11) is 0. The number of fused-ring (bicyclic) bond motifs is 5. The van der Waals surface area contributed by atoms with Crippen LogP contribution in [-0.2, 0) is 19.4 Å². The fourth-order valence-corrected chi connectivity index (χ4v) is 6.64. The monoisotopic (exact) mass is 471 g/mol. The zero-order valence-electron chi connectivity index (χ0n) is 19.1. The molecule has 6 rings (SSSR count). The minimum atomic E-state index is -0.323. The molecule has 6 heteroatoms. The van der Waals surface area contributed by atoms with Gasteiger partial charge in [0, 0.05) is 22.3 Å². The van der Waals surface area contributed by atoms with Gasteiger partial charge < -0.3 is 14.8 Å². The third-order valence-corrected chi connectivity index (χ3v) is 8.31. The van der Waals surface area contributed by atoms with E-state index in [-0.39, 0.29) is 17.9 Å². The third-order valence-electron chi connectivity index (χ3n) is 6.98. The SMILES string of the molecule is Cc1ccc(NC(=O)N2Cc3c(sc4c3CCCC4)-n3cccc3[C@H]2c2ccccc2)cc1F. The van der Waals surface area contributed by atoms with Crippen molar-refractivity contribution in [3.8, 4) is 5.00 Å². The van der Waals surface area contributed by atoms with Gasteiger partial charge >= 0.3 is 6.03 Å². The van der Waals surface area contributed by atoms with Crippen molar-refractivity contribution in [3.63, 3.8) is 0 Å². The molecule has 0 saturated carbocycles. The molecular weight excluding hydrogens is 445 g/mol. The summed E-state index contributed by atoms with van der Waals surface area (Å²) in [6.07, 6.45) is 6.70. The van der Waals surface area contributed by atoms with E-state index in [1.54, 1.807) is 19.1 Å². The van der Waals surface area contributed by atoms with Crippen LogP contribution in [-0.4, -0.2) is 15.5 Å². The first-order valence-electron chi connectivity index (χ1n) is 11.8. The van der Waals surface area contributed by atoms with Gasteiger partial charge in [0.1, 0.15) is 10.8 Å². The second-order valence-corrected chi connectivity index (χ2v) is 10.2. The summed E-state index contributed by atoms with van der Waals surface area (Å²) < 4.78 is 16.5. The van der Waals surface area contributed by atoms with Gasteiger partial charge in [0.05, 0.1) is 18.3 Å². The number of hydrogen-bond acceptors (Lipinski definition) is 2. The van der Waals surface area contributed by atoms with Crippen molar-refractivity contribution in [1.29, 1.82) is 0 Å². The Kier molecular flexibility index (Phi) is 5.26. The third kappa shape index (κ3) is 3.53. The van der Waals surface area contributed by atoms with Crippen molar-refractivity contribution in [2.75, 3.05) is 5.32 Å². The number of thiophene rings is 1. The van der Waals surface area contributed by atoms with Gasteiger partial charge in [0.2, 0.25) is 0 Å². The number of benzene rings is 2. The van der Waals surface area contributed by atoms with Gasteiger partial charge in [-0.3, -0.25) is 0 Å². The second-order valence-electron chi connectivity index (χ2n) is 9.13. The molecule has 0 bridgehead atoms. The van der Waals surface area contributed by atoms with Gasteiger partial charge in [-0.2, -0.15) is 0 Å². The number of rotatable bonds is 2. The van der Waals surface area contributed by atoms with Crippen LogP contribution >= 0.6 is 11.3 Å². The first-order valence-corrected chi connectivity index (χ1v) is 12.6. The lowest BCUT2D eigenvalue weighted by Crippen LogP contribution is -2.38. The maximum Gasteiger partial charge on any atom is 0.322 e. The van der Waals surface area contributed by atoms with E-state index >= 15 is 0 Å². The number of amides is 2. The summed E-state index contributed by atoms with van der Waals surface area (Å²) in [4.78, 5) is 17.2.